The van der Waals surface area contributed by atoms with E-state index in [0.717, 1.165) is 11.1 Å². The molecule has 0 aliphatic carbocycles. The van der Waals surface area contributed by atoms with Crippen LogP contribution in [0.3, 0.4) is 0 Å². The van der Waals surface area contributed by atoms with E-state index in [1.54, 1.807) is 6.07 Å². The number of aldehydes is 1. The molecule has 0 amide bonds. The van der Waals surface area contributed by atoms with Crippen LogP contribution in [0.4, 0.5) is 0 Å². The Balaban J connectivity index is 3.23. The van der Waals surface area contributed by atoms with Gasteiger partial charge >= 0.3 is 0 Å². The van der Waals surface area contributed by atoms with Crippen LogP contribution in [0.2, 0.25) is 0 Å². The van der Waals surface area contributed by atoms with Crippen LogP contribution in [0.15, 0.2) is 18.2 Å². The molecule has 0 spiro atoms. The molecule has 0 fully saturated rings. The van der Waals surface area contributed by atoms with E-state index in [1.165, 1.54) is 6.92 Å². The number of carbonyl (C=O) groups excluding carboxylic acids is 1. The molecule has 2 heteroatoms. The number of rotatable bonds is 2. The Labute approximate surface area is 78.2 Å². The van der Waals surface area contributed by atoms with E-state index in [-0.39, 0.29) is 0 Å². The summed E-state index contributed by atoms with van der Waals surface area (Å²) in [7, 11) is 0. The van der Waals surface area contributed by atoms with E-state index < -0.39 is 5.60 Å². The summed E-state index contributed by atoms with van der Waals surface area (Å²) < 4.78 is 0. The van der Waals surface area contributed by atoms with Crippen molar-refractivity contribution in [1.82, 2.24) is 0 Å². The minimum atomic E-state index is -1.36. The van der Waals surface area contributed by atoms with Crippen LogP contribution in [-0.2, 0) is 10.4 Å². The van der Waals surface area contributed by atoms with Gasteiger partial charge in [-0.25, -0.2) is 0 Å². The van der Waals surface area contributed by atoms with E-state index in [0.29, 0.717) is 11.8 Å². The second-order valence-corrected chi connectivity index (χ2v) is 3.58. The molecule has 13 heavy (non-hydrogen) atoms. The van der Waals surface area contributed by atoms with Crippen molar-refractivity contribution >= 4 is 6.29 Å². The molecule has 1 rings (SSSR count). The van der Waals surface area contributed by atoms with Crippen LogP contribution in [-0.4, -0.2) is 11.4 Å². The zero-order valence-corrected chi connectivity index (χ0v) is 8.16. The predicted octanol–water partition coefficient (Wildman–Crippen LogP) is 1.71. The summed E-state index contributed by atoms with van der Waals surface area (Å²) in [6.45, 7) is 5.37. The van der Waals surface area contributed by atoms with Crippen LogP contribution in [0.1, 0.15) is 23.6 Å². The summed E-state index contributed by atoms with van der Waals surface area (Å²) in [5.74, 6) is 0. The smallest absolute Gasteiger partial charge is 0.155 e. The van der Waals surface area contributed by atoms with Gasteiger partial charge in [0.05, 0.1) is 0 Å². The van der Waals surface area contributed by atoms with Gasteiger partial charge in [0.2, 0.25) is 0 Å². The fraction of sp³-hybridized carbons (Fsp3) is 0.364. The molecule has 1 aromatic carbocycles. The number of hydrogen-bond acceptors (Lipinski definition) is 2. The van der Waals surface area contributed by atoms with Crippen LogP contribution in [0.25, 0.3) is 0 Å². The fourth-order valence-electron chi connectivity index (χ4n) is 1.44. The van der Waals surface area contributed by atoms with E-state index in [4.69, 9.17) is 0 Å². The monoisotopic (exact) mass is 178 g/mol. The third-order valence-corrected chi connectivity index (χ3v) is 2.16. The quantitative estimate of drug-likeness (QED) is 0.700. The van der Waals surface area contributed by atoms with Gasteiger partial charge in [-0.3, -0.25) is 4.79 Å². The number of aryl methyl sites for hydroxylation is 2. The third kappa shape index (κ3) is 1.95. The van der Waals surface area contributed by atoms with Crippen molar-refractivity contribution in [2.45, 2.75) is 26.4 Å². The van der Waals surface area contributed by atoms with Crippen molar-refractivity contribution in [3.63, 3.8) is 0 Å². The highest BCUT2D eigenvalue weighted by Gasteiger charge is 2.23. The zero-order chi connectivity index (χ0) is 10.1. The Kier molecular flexibility index (Phi) is 2.52. The van der Waals surface area contributed by atoms with Crippen LogP contribution >= 0.6 is 0 Å². The molecule has 0 saturated heterocycles. The SMILES string of the molecule is Cc1ccc(C(C)(O)C=O)c(C)c1. The highest BCUT2D eigenvalue weighted by molar-refractivity contribution is 5.66. The van der Waals surface area contributed by atoms with Gasteiger partial charge in [-0.2, -0.15) is 0 Å². The van der Waals surface area contributed by atoms with Gasteiger partial charge < -0.3 is 5.11 Å². The lowest BCUT2D eigenvalue weighted by atomic mass is 9.92. The maximum atomic E-state index is 10.6. The van der Waals surface area contributed by atoms with E-state index in [1.807, 2.05) is 26.0 Å². The normalized spacial score (nSPS) is 15.1. The van der Waals surface area contributed by atoms with Gasteiger partial charge in [0.15, 0.2) is 6.29 Å². The first-order valence-electron chi connectivity index (χ1n) is 4.24. The highest BCUT2D eigenvalue weighted by Crippen LogP contribution is 2.22. The van der Waals surface area contributed by atoms with Crippen LogP contribution < -0.4 is 0 Å². The minimum Gasteiger partial charge on any atom is -0.378 e. The summed E-state index contributed by atoms with van der Waals surface area (Å²) in [4.78, 5) is 10.6. The summed E-state index contributed by atoms with van der Waals surface area (Å²) in [5, 5.41) is 9.70. The Morgan fingerprint density at radius 2 is 2.00 bits per heavy atom. The zero-order valence-electron chi connectivity index (χ0n) is 8.16. The standard InChI is InChI=1S/C11H14O2/c1-8-4-5-10(9(2)6-8)11(3,13)7-12/h4-7,13H,1-3H3. The molecule has 70 valence electrons. The molecule has 1 N–H and O–H groups in total. The minimum absolute atomic E-state index is 0.560. The van der Waals surface area contributed by atoms with Gasteiger partial charge in [-0.1, -0.05) is 23.8 Å². The van der Waals surface area contributed by atoms with E-state index >= 15 is 0 Å². The predicted molar refractivity (Wildman–Crippen MR) is 51.6 cm³/mol. The van der Waals surface area contributed by atoms with Crippen LogP contribution in [0.5, 0.6) is 0 Å². The van der Waals surface area contributed by atoms with Gasteiger partial charge in [0.25, 0.3) is 0 Å². The molecule has 0 radical (unpaired) electrons. The number of benzene rings is 1. The molecule has 0 saturated carbocycles. The average Bonchev–Trinajstić information content (AvgIpc) is 2.03. The first kappa shape index (κ1) is 9.93. The van der Waals surface area contributed by atoms with E-state index in [9.17, 15) is 9.90 Å². The Morgan fingerprint density at radius 3 is 2.46 bits per heavy atom. The topological polar surface area (TPSA) is 37.3 Å². The Bertz CT molecular complexity index is 327. The van der Waals surface area contributed by atoms with Gasteiger partial charge in [0, 0.05) is 0 Å². The molecule has 1 aromatic rings. The molecule has 0 aromatic heterocycles. The van der Waals surface area contributed by atoms with Crippen molar-refractivity contribution in [3.8, 4) is 0 Å². The molecular formula is C11H14O2. The van der Waals surface area contributed by atoms with Gasteiger partial charge in [0.1, 0.15) is 5.60 Å². The second-order valence-electron chi connectivity index (χ2n) is 3.58. The molecule has 0 aliphatic rings. The van der Waals surface area contributed by atoms with Gasteiger partial charge in [-0.15, -0.1) is 0 Å². The van der Waals surface area contributed by atoms with Crippen molar-refractivity contribution in [3.05, 3.63) is 34.9 Å². The fourth-order valence-corrected chi connectivity index (χ4v) is 1.44. The lowest BCUT2D eigenvalue weighted by Crippen LogP contribution is -2.23. The molecule has 1 atom stereocenters. The lowest BCUT2D eigenvalue weighted by Gasteiger charge is -2.18. The molecule has 0 bridgehead atoms. The highest BCUT2D eigenvalue weighted by atomic mass is 16.3. The van der Waals surface area contributed by atoms with Crippen LogP contribution in [0, 0.1) is 13.8 Å². The largest absolute Gasteiger partial charge is 0.378 e. The number of carbonyl (C=O) groups is 1. The molecule has 1 unspecified atom stereocenters. The molecule has 0 aliphatic heterocycles. The van der Waals surface area contributed by atoms with E-state index in [2.05, 4.69) is 0 Å². The maximum absolute atomic E-state index is 10.6. The Morgan fingerprint density at radius 1 is 1.38 bits per heavy atom. The van der Waals surface area contributed by atoms with Gasteiger partial charge in [-0.05, 0) is 31.9 Å². The van der Waals surface area contributed by atoms with Crippen molar-refractivity contribution in [1.29, 1.82) is 0 Å². The summed E-state index contributed by atoms with van der Waals surface area (Å²) in [6.07, 6.45) is 0.560. The number of hydrogen-bond donors (Lipinski definition) is 1. The first-order valence-corrected chi connectivity index (χ1v) is 4.24. The summed E-state index contributed by atoms with van der Waals surface area (Å²) >= 11 is 0. The number of aliphatic hydroxyl groups is 1. The van der Waals surface area contributed by atoms with Crippen molar-refractivity contribution in [2.24, 2.45) is 0 Å². The van der Waals surface area contributed by atoms with Crippen molar-refractivity contribution < 1.29 is 9.90 Å². The second kappa shape index (κ2) is 3.30. The lowest BCUT2D eigenvalue weighted by molar-refractivity contribution is -0.123. The summed E-state index contributed by atoms with van der Waals surface area (Å²) in [5.41, 5.74) is 1.38. The maximum Gasteiger partial charge on any atom is 0.155 e. The first-order chi connectivity index (χ1) is 5.97. The Hall–Kier alpha value is -1.15. The summed E-state index contributed by atoms with van der Waals surface area (Å²) in [6, 6.07) is 5.63. The van der Waals surface area contributed by atoms with Crippen molar-refractivity contribution in [2.75, 3.05) is 0 Å². The third-order valence-electron chi connectivity index (χ3n) is 2.16. The molecule has 0 heterocycles. The molecule has 2 nitrogen and oxygen atoms in total. The average molecular weight is 178 g/mol. The molecular weight excluding hydrogens is 164 g/mol.